The SMILES string of the molecule is CCCOc1ccc(C(C)NC(=NC)NCc2noc(C)n2)cc1OCCC.I. The molecule has 162 valence electrons. The molecule has 0 fully saturated rings. The summed E-state index contributed by atoms with van der Waals surface area (Å²) in [5.74, 6) is 3.32. The van der Waals surface area contributed by atoms with Crippen LogP contribution < -0.4 is 20.1 Å². The Morgan fingerprint density at radius 1 is 1.17 bits per heavy atom. The van der Waals surface area contributed by atoms with E-state index in [-0.39, 0.29) is 30.0 Å². The molecule has 0 spiro atoms. The predicted octanol–water partition coefficient (Wildman–Crippen LogP) is 4.00. The third-order valence-electron chi connectivity index (χ3n) is 3.95. The molecule has 2 rings (SSSR count). The number of hydrogen-bond donors (Lipinski definition) is 2. The van der Waals surface area contributed by atoms with Crippen LogP contribution in [0.3, 0.4) is 0 Å². The van der Waals surface area contributed by atoms with Crippen molar-refractivity contribution in [3.05, 3.63) is 35.5 Å². The van der Waals surface area contributed by atoms with Gasteiger partial charge in [-0.3, -0.25) is 4.99 Å². The second kappa shape index (κ2) is 13.2. The maximum absolute atomic E-state index is 5.89. The van der Waals surface area contributed by atoms with Crippen LogP contribution in [0.25, 0.3) is 0 Å². The number of nitrogens with one attached hydrogen (secondary N) is 2. The molecular weight excluding hydrogens is 485 g/mol. The number of aliphatic imine (C=N–C) groups is 1. The van der Waals surface area contributed by atoms with Gasteiger partial charge in [0.05, 0.1) is 25.8 Å². The Bertz CT molecular complexity index is 766. The van der Waals surface area contributed by atoms with Crippen LogP contribution in [0.4, 0.5) is 0 Å². The van der Waals surface area contributed by atoms with E-state index >= 15 is 0 Å². The third-order valence-corrected chi connectivity index (χ3v) is 3.95. The molecule has 1 aromatic heterocycles. The molecule has 1 unspecified atom stereocenters. The van der Waals surface area contributed by atoms with Gasteiger partial charge >= 0.3 is 0 Å². The van der Waals surface area contributed by atoms with Gasteiger partial charge in [-0.05, 0) is 37.5 Å². The summed E-state index contributed by atoms with van der Waals surface area (Å²) in [6, 6.07) is 6.04. The Balaban J connectivity index is 0.00000420. The van der Waals surface area contributed by atoms with E-state index in [0.29, 0.717) is 37.4 Å². The molecule has 9 heteroatoms. The number of benzene rings is 1. The van der Waals surface area contributed by atoms with Crippen molar-refractivity contribution in [1.29, 1.82) is 0 Å². The number of rotatable bonds is 10. The fourth-order valence-corrected chi connectivity index (χ4v) is 2.51. The van der Waals surface area contributed by atoms with E-state index in [1.807, 2.05) is 18.2 Å². The Labute approximate surface area is 189 Å². The van der Waals surface area contributed by atoms with Crippen molar-refractivity contribution in [1.82, 2.24) is 20.8 Å². The van der Waals surface area contributed by atoms with Gasteiger partial charge in [-0.25, -0.2) is 0 Å². The summed E-state index contributed by atoms with van der Waals surface area (Å²) in [4.78, 5) is 8.43. The van der Waals surface area contributed by atoms with E-state index in [1.54, 1.807) is 14.0 Å². The zero-order chi connectivity index (χ0) is 20.4. The normalized spacial score (nSPS) is 12.1. The van der Waals surface area contributed by atoms with Crippen molar-refractivity contribution in [2.45, 2.75) is 53.1 Å². The minimum absolute atomic E-state index is 0. The summed E-state index contributed by atoms with van der Waals surface area (Å²) in [5, 5.41) is 10.4. The van der Waals surface area contributed by atoms with Gasteiger partial charge in [0.25, 0.3) is 0 Å². The summed E-state index contributed by atoms with van der Waals surface area (Å²) in [6.07, 6.45) is 1.90. The molecule has 0 aliphatic carbocycles. The van der Waals surface area contributed by atoms with Crippen molar-refractivity contribution in [2.75, 3.05) is 20.3 Å². The van der Waals surface area contributed by atoms with E-state index in [1.165, 1.54) is 0 Å². The summed E-state index contributed by atoms with van der Waals surface area (Å²) in [7, 11) is 1.72. The van der Waals surface area contributed by atoms with Crippen molar-refractivity contribution < 1.29 is 14.0 Å². The highest BCUT2D eigenvalue weighted by Crippen LogP contribution is 2.31. The summed E-state index contributed by atoms with van der Waals surface area (Å²) in [6.45, 7) is 9.75. The fourth-order valence-electron chi connectivity index (χ4n) is 2.51. The highest BCUT2D eigenvalue weighted by atomic mass is 127. The number of hydrogen-bond acceptors (Lipinski definition) is 6. The fraction of sp³-hybridized carbons (Fsp3) is 0.550. The van der Waals surface area contributed by atoms with Crippen LogP contribution in [-0.4, -0.2) is 36.4 Å². The average molecular weight is 517 g/mol. The van der Waals surface area contributed by atoms with Gasteiger partial charge in [0.2, 0.25) is 5.89 Å². The smallest absolute Gasteiger partial charge is 0.223 e. The molecule has 29 heavy (non-hydrogen) atoms. The van der Waals surface area contributed by atoms with Crippen LogP contribution in [0.5, 0.6) is 11.5 Å². The van der Waals surface area contributed by atoms with E-state index in [2.05, 4.69) is 46.5 Å². The number of guanidine groups is 1. The van der Waals surface area contributed by atoms with Gasteiger partial charge in [-0.1, -0.05) is 25.1 Å². The monoisotopic (exact) mass is 517 g/mol. The van der Waals surface area contributed by atoms with Crippen LogP contribution in [0.15, 0.2) is 27.7 Å². The van der Waals surface area contributed by atoms with Crippen molar-refractivity contribution in [3.8, 4) is 11.5 Å². The largest absolute Gasteiger partial charge is 0.490 e. The van der Waals surface area contributed by atoms with Gasteiger partial charge in [-0.15, -0.1) is 24.0 Å². The van der Waals surface area contributed by atoms with Crippen LogP contribution in [0.2, 0.25) is 0 Å². The second-order valence-electron chi connectivity index (χ2n) is 6.42. The van der Waals surface area contributed by atoms with Gasteiger partial charge in [0.1, 0.15) is 0 Å². The van der Waals surface area contributed by atoms with Crippen molar-refractivity contribution >= 4 is 29.9 Å². The van der Waals surface area contributed by atoms with Gasteiger partial charge in [0, 0.05) is 14.0 Å². The second-order valence-corrected chi connectivity index (χ2v) is 6.42. The van der Waals surface area contributed by atoms with Gasteiger partial charge in [-0.2, -0.15) is 4.98 Å². The maximum atomic E-state index is 5.89. The molecule has 0 aliphatic heterocycles. The molecule has 0 bridgehead atoms. The maximum Gasteiger partial charge on any atom is 0.223 e. The first-order chi connectivity index (χ1) is 13.6. The minimum Gasteiger partial charge on any atom is -0.490 e. The Morgan fingerprint density at radius 2 is 1.86 bits per heavy atom. The molecule has 0 amide bonds. The third kappa shape index (κ3) is 8.08. The molecule has 1 heterocycles. The first kappa shape index (κ1) is 25.0. The van der Waals surface area contributed by atoms with Crippen molar-refractivity contribution in [3.63, 3.8) is 0 Å². The highest BCUT2D eigenvalue weighted by Gasteiger charge is 2.13. The molecule has 1 aromatic carbocycles. The van der Waals surface area contributed by atoms with E-state index in [4.69, 9.17) is 14.0 Å². The Hall–Kier alpha value is -2.04. The molecule has 8 nitrogen and oxygen atoms in total. The zero-order valence-electron chi connectivity index (χ0n) is 17.8. The average Bonchev–Trinajstić information content (AvgIpc) is 3.13. The number of aryl methyl sites for hydroxylation is 1. The van der Waals surface area contributed by atoms with Crippen LogP contribution >= 0.6 is 24.0 Å². The Kier molecular flexibility index (Phi) is 11.4. The quantitative estimate of drug-likeness (QED) is 0.280. The molecule has 0 radical (unpaired) electrons. The minimum atomic E-state index is 0. The standard InChI is InChI=1S/C20H31N5O3.HI/c1-6-10-26-17-9-8-16(12-18(17)27-11-7-2)14(3)23-20(21-5)22-13-19-24-15(4)28-25-19;/h8-9,12,14H,6-7,10-11,13H2,1-5H3,(H2,21,22,23);1H. The lowest BCUT2D eigenvalue weighted by Gasteiger charge is -2.20. The first-order valence-corrected chi connectivity index (χ1v) is 9.73. The zero-order valence-corrected chi connectivity index (χ0v) is 20.1. The molecule has 0 aliphatic rings. The molecule has 2 aromatic rings. The van der Waals surface area contributed by atoms with Crippen molar-refractivity contribution in [2.24, 2.45) is 4.99 Å². The summed E-state index contributed by atoms with van der Waals surface area (Å²) in [5.41, 5.74) is 1.08. The van der Waals surface area contributed by atoms with Crippen LogP contribution in [-0.2, 0) is 6.54 Å². The molecular formula is C20H32IN5O3. The lowest BCUT2D eigenvalue weighted by atomic mass is 10.1. The van der Waals surface area contributed by atoms with E-state index < -0.39 is 0 Å². The van der Waals surface area contributed by atoms with E-state index in [0.717, 1.165) is 29.9 Å². The number of halogens is 1. The predicted molar refractivity (Wildman–Crippen MR) is 124 cm³/mol. The topological polar surface area (TPSA) is 93.8 Å². The Morgan fingerprint density at radius 3 is 2.45 bits per heavy atom. The number of nitrogens with zero attached hydrogens (tertiary/aromatic N) is 3. The lowest BCUT2D eigenvalue weighted by Crippen LogP contribution is -2.38. The van der Waals surface area contributed by atoms with Crippen LogP contribution in [0, 0.1) is 6.92 Å². The summed E-state index contributed by atoms with van der Waals surface area (Å²) >= 11 is 0. The number of aromatic nitrogens is 2. The summed E-state index contributed by atoms with van der Waals surface area (Å²) < 4.78 is 16.7. The molecule has 1 atom stereocenters. The lowest BCUT2D eigenvalue weighted by molar-refractivity contribution is 0.268. The first-order valence-electron chi connectivity index (χ1n) is 9.73. The molecule has 0 saturated carbocycles. The van der Waals surface area contributed by atoms with Gasteiger partial charge < -0.3 is 24.6 Å². The van der Waals surface area contributed by atoms with E-state index in [9.17, 15) is 0 Å². The molecule has 2 N–H and O–H groups in total. The van der Waals surface area contributed by atoms with Gasteiger partial charge in [0.15, 0.2) is 23.3 Å². The molecule has 0 saturated heterocycles. The highest BCUT2D eigenvalue weighted by molar-refractivity contribution is 14.0. The number of ether oxygens (including phenoxy) is 2. The van der Waals surface area contributed by atoms with Crippen LogP contribution in [0.1, 0.15) is 56.9 Å².